The molecular formula is C17H33N3O2. The molecule has 0 radical (unpaired) electrons. The average Bonchev–Trinajstić information content (AvgIpc) is 2.53. The van der Waals surface area contributed by atoms with Crippen LogP contribution >= 0.6 is 0 Å². The first kappa shape index (κ1) is 25.5. The van der Waals surface area contributed by atoms with Gasteiger partial charge >= 0.3 is 0 Å². The molecule has 5 nitrogen and oxygen atoms in total. The minimum absolute atomic E-state index is 0. The molecule has 0 aromatic rings. The number of nitriles is 2. The standard InChI is InChI=1S/C12H21N3.C5H10O.H2O/c1-3-5-7-11(9-13)15-12(10-14)8-6-4-2;1-2-3-4-5-6;/h11-12,15H,3-8H2,1-2H3;5H,2-4H2,1H3;1H2. The number of carbonyl (C=O) groups excluding carboxylic acids is 1. The molecule has 0 amide bonds. The molecule has 0 saturated carbocycles. The van der Waals surface area contributed by atoms with E-state index in [1.165, 1.54) is 0 Å². The van der Waals surface area contributed by atoms with Gasteiger partial charge in [0.25, 0.3) is 0 Å². The van der Waals surface area contributed by atoms with E-state index in [4.69, 9.17) is 10.5 Å². The van der Waals surface area contributed by atoms with E-state index in [1.54, 1.807) is 0 Å². The van der Waals surface area contributed by atoms with E-state index in [2.05, 4.69) is 38.2 Å². The van der Waals surface area contributed by atoms with Crippen molar-refractivity contribution in [3.05, 3.63) is 0 Å². The highest BCUT2D eigenvalue weighted by atomic mass is 16.1. The Morgan fingerprint density at radius 1 is 0.909 bits per heavy atom. The van der Waals surface area contributed by atoms with Gasteiger partial charge in [0.05, 0.1) is 24.2 Å². The molecule has 22 heavy (non-hydrogen) atoms. The predicted molar refractivity (Wildman–Crippen MR) is 90.2 cm³/mol. The molecule has 0 rings (SSSR count). The molecule has 0 aliphatic carbocycles. The third kappa shape index (κ3) is 18.6. The van der Waals surface area contributed by atoms with Crippen molar-refractivity contribution in [1.82, 2.24) is 5.32 Å². The number of unbranched alkanes of at least 4 members (excludes halogenated alkanes) is 4. The van der Waals surface area contributed by atoms with E-state index >= 15 is 0 Å². The lowest BCUT2D eigenvalue weighted by molar-refractivity contribution is -0.107. The zero-order valence-electron chi connectivity index (χ0n) is 14.4. The van der Waals surface area contributed by atoms with Gasteiger partial charge in [0.1, 0.15) is 6.29 Å². The quantitative estimate of drug-likeness (QED) is 0.466. The predicted octanol–water partition coefficient (Wildman–Crippen LogP) is 3.29. The fraction of sp³-hybridized carbons (Fsp3) is 0.824. The Labute approximate surface area is 136 Å². The lowest BCUT2D eigenvalue weighted by Gasteiger charge is -2.15. The van der Waals surface area contributed by atoms with Crippen molar-refractivity contribution in [2.45, 2.75) is 90.6 Å². The first-order chi connectivity index (χ1) is 10.2. The zero-order valence-corrected chi connectivity index (χ0v) is 14.4. The average molecular weight is 311 g/mol. The molecule has 0 heterocycles. The van der Waals surface area contributed by atoms with Crippen LogP contribution < -0.4 is 5.32 Å². The summed E-state index contributed by atoms with van der Waals surface area (Å²) in [5.74, 6) is 0. The van der Waals surface area contributed by atoms with Crippen molar-refractivity contribution in [2.24, 2.45) is 0 Å². The lowest BCUT2D eigenvalue weighted by atomic mass is 10.1. The number of hydrogen-bond donors (Lipinski definition) is 1. The molecule has 0 saturated heterocycles. The summed E-state index contributed by atoms with van der Waals surface area (Å²) in [6.07, 6.45) is 9.81. The molecule has 0 aromatic heterocycles. The summed E-state index contributed by atoms with van der Waals surface area (Å²) in [4.78, 5) is 9.56. The van der Waals surface area contributed by atoms with Gasteiger partial charge < -0.3 is 10.3 Å². The molecule has 0 spiro atoms. The molecule has 2 unspecified atom stereocenters. The van der Waals surface area contributed by atoms with E-state index < -0.39 is 0 Å². The monoisotopic (exact) mass is 311 g/mol. The van der Waals surface area contributed by atoms with Crippen LogP contribution in [-0.4, -0.2) is 23.8 Å². The highest BCUT2D eigenvalue weighted by Crippen LogP contribution is 2.04. The molecule has 128 valence electrons. The van der Waals surface area contributed by atoms with Gasteiger partial charge in [-0.1, -0.05) is 52.9 Å². The lowest BCUT2D eigenvalue weighted by Crippen LogP contribution is -2.36. The van der Waals surface area contributed by atoms with Gasteiger partial charge in [0.15, 0.2) is 0 Å². The molecule has 5 heteroatoms. The SMILES string of the molecule is CCCCC(C#N)NC(C#N)CCCC.CCCCC=O.O. The van der Waals surface area contributed by atoms with Crippen molar-refractivity contribution in [2.75, 3.05) is 0 Å². The number of nitrogens with one attached hydrogen (secondary N) is 1. The zero-order chi connectivity index (χ0) is 16.3. The Morgan fingerprint density at radius 3 is 1.55 bits per heavy atom. The summed E-state index contributed by atoms with van der Waals surface area (Å²) in [5, 5.41) is 20.9. The summed E-state index contributed by atoms with van der Waals surface area (Å²) in [6, 6.07) is 4.11. The third-order valence-electron chi connectivity index (χ3n) is 3.08. The van der Waals surface area contributed by atoms with Gasteiger partial charge in [-0.3, -0.25) is 5.32 Å². The van der Waals surface area contributed by atoms with Crippen LogP contribution in [0.15, 0.2) is 0 Å². The molecule has 0 bridgehead atoms. The van der Waals surface area contributed by atoms with Gasteiger partial charge in [-0.15, -0.1) is 0 Å². The number of rotatable bonds is 11. The van der Waals surface area contributed by atoms with Crippen LogP contribution in [0, 0.1) is 22.7 Å². The summed E-state index contributed by atoms with van der Waals surface area (Å²) in [7, 11) is 0. The van der Waals surface area contributed by atoms with Gasteiger partial charge in [-0.2, -0.15) is 10.5 Å². The largest absolute Gasteiger partial charge is 0.412 e. The van der Waals surface area contributed by atoms with E-state index in [1.807, 2.05) is 0 Å². The third-order valence-corrected chi connectivity index (χ3v) is 3.08. The second kappa shape index (κ2) is 21.9. The number of carbonyl (C=O) groups is 1. The molecule has 0 aliphatic heterocycles. The second-order valence-corrected chi connectivity index (χ2v) is 5.12. The summed E-state index contributed by atoms with van der Waals surface area (Å²) in [5.41, 5.74) is 0. The number of hydrogen-bond acceptors (Lipinski definition) is 4. The fourth-order valence-corrected chi connectivity index (χ4v) is 1.72. The highest BCUT2D eigenvalue weighted by Gasteiger charge is 2.13. The molecule has 0 aliphatic rings. The molecule has 2 atom stereocenters. The minimum Gasteiger partial charge on any atom is -0.412 e. The fourth-order valence-electron chi connectivity index (χ4n) is 1.72. The topological polar surface area (TPSA) is 108 Å². The first-order valence-electron chi connectivity index (χ1n) is 8.18. The van der Waals surface area contributed by atoms with Crippen molar-refractivity contribution in [1.29, 1.82) is 10.5 Å². The maximum atomic E-state index is 9.56. The maximum absolute atomic E-state index is 9.56. The maximum Gasteiger partial charge on any atom is 0.119 e. The summed E-state index contributed by atoms with van der Waals surface area (Å²) >= 11 is 0. The van der Waals surface area contributed by atoms with Gasteiger partial charge in [-0.25, -0.2) is 0 Å². The minimum atomic E-state index is -0.161. The molecular weight excluding hydrogens is 278 g/mol. The van der Waals surface area contributed by atoms with Gasteiger partial charge in [0, 0.05) is 6.42 Å². The highest BCUT2D eigenvalue weighted by molar-refractivity contribution is 5.48. The first-order valence-corrected chi connectivity index (χ1v) is 8.18. The van der Waals surface area contributed by atoms with Crippen LogP contribution in [0.5, 0.6) is 0 Å². The van der Waals surface area contributed by atoms with Crippen molar-refractivity contribution in [3.63, 3.8) is 0 Å². The summed E-state index contributed by atoms with van der Waals surface area (Å²) in [6.45, 7) is 6.28. The van der Waals surface area contributed by atoms with Crippen molar-refractivity contribution >= 4 is 6.29 Å². The van der Waals surface area contributed by atoms with E-state index in [-0.39, 0.29) is 17.6 Å². The Morgan fingerprint density at radius 2 is 1.32 bits per heavy atom. The van der Waals surface area contributed by atoms with Gasteiger partial charge in [0.2, 0.25) is 0 Å². The van der Waals surface area contributed by atoms with Crippen LogP contribution in [0.25, 0.3) is 0 Å². The molecule has 3 N–H and O–H groups in total. The van der Waals surface area contributed by atoms with Crippen LogP contribution in [0.3, 0.4) is 0 Å². The number of aldehydes is 1. The van der Waals surface area contributed by atoms with Crippen LogP contribution in [0.2, 0.25) is 0 Å². The van der Waals surface area contributed by atoms with Crippen molar-refractivity contribution in [3.8, 4) is 12.1 Å². The normalized spacial score (nSPS) is 11.7. The molecule has 0 aromatic carbocycles. The van der Waals surface area contributed by atoms with Crippen LogP contribution in [-0.2, 0) is 4.79 Å². The molecule has 0 fully saturated rings. The Bertz CT molecular complexity index is 284. The number of nitrogens with zero attached hydrogens (tertiary/aromatic N) is 2. The van der Waals surface area contributed by atoms with Crippen molar-refractivity contribution < 1.29 is 10.3 Å². The van der Waals surface area contributed by atoms with E-state index in [0.29, 0.717) is 0 Å². The Kier molecular flexibility index (Phi) is 25.4. The van der Waals surface area contributed by atoms with Gasteiger partial charge in [-0.05, 0) is 19.3 Å². The van der Waals surface area contributed by atoms with E-state index in [0.717, 1.165) is 64.1 Å². The van der Waals surface area contributed by atoms with E-state index in [9.17, 15) is 4.79 Å². The Hall–Kier alpha value is -1.43. The van der Waals surface area contributed by atoms with Crippen LogP contribution in [0.1, 0.15) is 78.6 Å². The second-order valence-electron chi connectivity index (χ2n) is 5.12. The Balaban J connectivity index is -0.000000439. The summed E-state index contributed by atoms with van der Waals surface area (Å²) < 4.78 is 0. The van der Waals surface area contributed by atoms with Crippen LogP contribution in [0.4, 0.5) is 0 Å². The smallest absolute Gasteiger partial charge is 0.119 e.